The molecular weight excluding hydrogens is 318 g/mol. The molecule has 0 amide bonds. The molecule has 1 N–H and O–H groups in total. The largest absolute Gasteiger partial charge is 0.461 e. The van der Waals surface area contributed by atoms with Gasteiger partial charge in [-0.05, 0) is 24.6 Å². The highest BCUT2D eigenvalue weighted by atomic mass is 16.5. The monoisotopic (exact) mass is 341 g/mol. The van der Waals surface area contributed by atoms with Crippen LogP contribution in [0.25, 0.3) is 0 Å². The standard InChI is InChI=1S/C20H23NO4/c1-21-18(20(23)25-15-17-10-6-3-7-11-17)12-13-19(22)24-14-16-8-4-2-5-9-16/h2-11,18,21H,12-15H2,1H3/t18-/m0/s1. The lowest BCUT2D eigenvalue weighted by Crippen LogP contribution is -2.36. The summed E-state index contributed by atoms with van der Waals surface area (Å²) in [4.78, 5) is 23.9. The Kier molecular flexibility index (Phi) is 7.66. The van der Waals surface area contributed by atoms with Crippen molar-refractivity contribution in [3.05, 3.63) is 71.8 Å². The van der Waals surface area contributed by atoms with E-state index in [1.54, 1.807) is 7.05 Å². The molecule has 0 aliphatic carbocycles. The van der Waals surface area contributed by atoms with Crippen LogP contribution in [0.15, 0.2) is 60.7 Å². The third kappa shape index (κ3) is 6.77. The molecule has 2 rings (SSSR count). The van der Waals surface area contributed by atoms with Crippen LogP contribution in [0.1, 0.15) is 24.0 Å². The Morgan fingerprint density at radius 1 is 0.880 bits per heavy atom. The zero-order valence-corrected chi connectivity index (χ0v) is 14.3. The highest BCUT2D eigenvalue weighted by Gasteiger charge is 2.19. The van der Waals surface area contributed by atoms with Crippen LogP contribution in [-0.2, 0) is 32.3 Å². The quantitative estimate of drug-likeness (QED) is 0.711. The Balaban J connectivity index is 1.71. The molecule has 0 radical (unpaired) electrons. The number of rotatable bonds is 9. The van der Waals surface area contributed by atoms with Crippen molar-refractivity contribution >= 4 is 11.9 Å². The van der Waals surface area contributed by atoms with Gasteiger partial charge in [0.05, 0.1) is 0 Å². The van der Waals surface area contributed by atoms with Crippen LogP contribution in [0.5, 0.6) is 0 Å². The highest BCUT2D eigenvalue weighted by Crippen LogP contribution is 2.07. The second-order valence-corrected chi connectivity index (χ2v) is 5.62. The van der Waals surface area contributed by atoms with Gasteiger partial charge in [-0.3, -0.25) is 9.59 Å². The maximum absolute atomic E-state index is 12.1. The van der Waals surface area contributed by atoms with E-state index in [2.05, 4.69) is 5.32 Å². The van der Waals surface area contributed by atoms with Crippen LogP contribution >= 0.6 is 0 Å². The summed E-state index contributed by atoms with van der Waals surface area (Å²) in [6.07, 6.45) is 0.483. The average Bonchev–Trinajstić information content (AvgIpc) is 2.67. The number of hydrogen-bond acceptors (Lipinski definition) is 5. The van der Waals surface area contributed by atoms with Crippen LogP contribution in [0.4, 0.5) is 0 Å². The molecule has 0 saturated heterocycles. The summed E-state index contributed by atoms with van der Waals surface area (Å²) in [6.45, 7) is 0.457. The Bertz CT molecular complexity index is 658. The van der Waals surface area contributed by atoms with Gasteiger partial charge in [0.25, 0.3) is 0 Å². The molecule has 132 valence electrons. The van der Waals surface area contributed by atoms with Gasteiger partial charge in [-0.15, -0.1) is 0 Å². The van der Waals surface area contributed by atoms with Gasteiger partial charge < -0.3 is 14.8 Å². The lowest BCUT2D eigenvalue weighted by molar-refractivity contribution is -0.148. The van der Waals surface area contributed by atoms with E-state index in [1.165, 1.54) is 0 Å². The van der Waals surface area contributed by atoms with Crippen molar-refractivity contribution < 1.29 is 19.1 Å². The summed E-state index contributed by atoms with van der Waals surface area (Å²) in [5, 5.41) is 2.88. The van der Waals surface area contributed by atoms with Crippen LogP contribution in [-0.4, -0.2) is 25.0 Å². The van der Waals surface area contributed by atoms with Crippen molar-refractivity contribution in [1.29, 1.82) is 0 Å². The Labute approximate surface area is 148 Å². The average molecular weight is 341 g/mol. The lowest BCUT2D eigenvalue weighted by atomic mass is 10.1. The van der Waals surface area contributed by atoms with E-state index < -0.39 is 6.04 Å². The van der Waals surface area contributed by atoms with Crippen LogP contribution in [0.3, 0.4) is 0 Å². The van der Waals surface area contributed by atoms with Gasteiger partial charge in [0.15, 0.2) is 0 Å². The number of ether oxygens (including phenoxy) is 2. The Morgan fingerprint density at radius 3 is 1.92 bits per heavy atom. The number of carbonyl (C=O) groups is 2. The summed E-state index contributed by atoms with van der Waals surface area (Å²) in [5.74, 6) is -0.706. The van der Waals surface area contributed by atoms with Gasteiger partial charge in [-0.1, -0.05) is 60.7 Å². The maximum Gasteiger partial charge on any atom is 0.323 e. The molecule has 0 aromatic heterocycles. The van der Waals surface area contributed by atoms with E-state index in [0.717, 1.165) is 11.1 Å². The summed E-state index contributed by atoms with van der Waals surface area (Å²) in [6, 6.07) is 18.4. The zero-order valence-electron chi connectivity index (χ0n) is 14.3. The molecule has 0 saturated carbocycles. The number of esters is 2. The van der Waals surface area contributed by atoms with Crippen molar-refractivity contribution in [1.82, 2.24) is 5.32 Å². The predicted octanol–water partition coefficient (Wildman–Crippen LogP) is 2.84. The zero-order chi connectivity index (χ0) is 17.9. The Hall–Kier alpha value is -2.66. The van der Waals surface area contributed by atoms with E-state index in [0.29, 0.717) is 6.42 Å². The molecule has 0 aliphatic rings. The van der Waals surface area contributed by atoms with Gasteiger partial charge in [-0.2, -0.15) is 0 Å². The molecule has 25 heavy (non-hydrogen) atoms. The number of benzene rings is 2. The SMILES string of the molecule is CN[C@@H](CCC(=O)OCc1ccccc1)C(=O)OCc1ccccc1. The molecule has 0 fully saturated rings. The first-order valence-electron chi connectivity index (χ1n) is 8.26. The van der Waals surface area contributed by atoms with Gasteiger partial charge in [0.2, 0.25) is 0 Å². The van der Waals surface area contributed by atoms with Crippen LogP contribution in [0, 0.1) is 0 Å². The van der Waals surface area contributed by atoms with Crippen molar-refractivity contribution in [2.24, 2.45) is 0 Å². The molecule has 0 bridgehead atoms. The van der Waals surface area contributed by atoms with E-state index in [1.807, 2.05) is 60.7 Å². The van der Waals surface area contributed by atoms with Gasteiger partial charge in [0.1, 0.15) is 19.3 Å². The molecule has 5 heteroatoms. The van der Waals surface area contributed by atoms with Gasteiger partial charge >= 0.3 is 11.9 Å². The van der Waals surface area contributed by atoms with Crippen molar-refractivity contribution in [3.8, 4) is 0 Å². The fourth-order valence-electron chi connectivity index (χ4n) is 2.28. The molecule has 5 nitrogen and oxygen atoms in total. The third-order valence-electron chi connectivity index (χ3n) is 3.74. The number of likely N-dealkylation sites (N-methyl/N-ethyl adjacent to an activating group) is 1. The van der Waals surface area contributed by atoms with Crippen molar-refractivity contribution in [3.63, 3.8) is 0 Å². The fraction of sp³-hybridized carbons (Fsp3) is 0.300. The topological polar surface area (TPSA) is 64.6 Å². The third-order valence-corrected chi connectivity index (χ3v) is 3.74. The molecule has 1 atom stereocenters. The van der Waals surface area contributed by atoms with E-state index in [9.17, 15) is 9.59 Å². The minimum absolute atomic E-state index is 0.152. The molecule has 0 aliphatic heterocycles. The molecular formula is C20H23NO4. The number of carbonyl (C=O) groups excluding carboxylic acids is 2. The van der Waals surface area contributed by atoms with Crippen molar-refractivity contribution in [2.75, 3.05) is 7.05 Å². The molecule has 0 heterocycles. The first kappa shape index (κ1) is 18.7. The van der Waals surface area contributed by atoms with E-state index >= 15 is 0 Å². The van der Waals surface area contributed by atoms with Crippen LogP contribution < -0.4 is 5.32 Å². The molecule has 0 spiro atoms. The first-order chi connectivity index (χ1) is 12.2. The van der Waals surface area contributed by atoms with Gasteiger partial charge in [-0.25, -0.2) is 0 Å². The molecule has 2 aromatic carbocycles. The van der Waals surface area contributed by atoms with Gasteiger partial charge in [0, 0.05) is 6.42 Å². The normalized spacial score (nSPS) is 11.6. The predicted molar refractivity (Wildman–Crippen MR) is 94.6 cm³/mol. The minimum Gasteiger partial charge on any atom is -0.461 e. The summed E-state index contributed by atoms with van der Waals surface area (Å²) in [7, 11) is 1.67. The number of nitrogens with one attached hydrogen (secondary N) is 1. The summed E-state index contributed by atoms with van der Waals surface area (Å²) in [5.41, 5.74) is 1.86. The second kappa shape index (κ2) is 10.3. The molecule has 2 aromatic rings. The maximum atomic E-state index is 12.1. The Morgan fingerprint density at radius 2 is 1.40 bits per heavy atom. The lowest BCUT2D eigenvalue weighted by Gasteiger charge is -2.15. The second-order valence-electron chi connectivity index (χ2n) is 5.62. The van der Waals surface area contributed by atoms with E-state index in [4.69, 9.17) is 9.47 Å². The number of hydrogen-bond donors (Lipinski definition) is 1. The molecule has 0 unspecified atom stereocenters. The van der Waals surface area contributed by atoms with Crippen molar-refractivity contribution in [2.45, 2.75) is 32.1 Å². The summed E-state index contributed by atoms with van der Waals surface area (Å²) < 4.78 is 10.5. The smallest absolute Gasteiger partial charge is 0.323 e. The fourth-order valence-corrected chi connectivity index (χ4v) is 2.28. The first-order valence-corrected chi connectivity index (χ1v) is 8.26. The minimum atomic E-state index is -0.534. The summed E-state index contributed by atoms with van der Waals surface area (Å²) >= 11 is 0. The van der Waals surface area contributed by atoms with Crippen LogP contribution in [0.2, 0.25) is 0 Å². The highest BCUT2D eigenvalue weighted by molar-refractivity contribution is 5.77. The van der Waals surface area contributed by atoms with E-state index in [-0.39, 0.29) is 31.6 Å².